The van der Waals surface area contributed by atoms with Crippen LogP contribution < -0.4 is 4.31 Å². The smallest absolute Gasteiger partial charge is 0.189 e. The summed E-state index contributed by atoms with van der Waals surface area (Å²) in [6.07, 6.45) is 1.58. The number of rotatable bonds is 1. The van der Waals surface area contributed by atoms with Gasteiger partial charge in [0, 0.05) is 5.56 Å². The predicted octanol–water partition coefficient (Wildman–Crippen LogP) is 0.983. The molecule has 1 atom stereocenters. The molecule has 0 aromatic heterocycles. The van der Waals surface area contributed by atoms with Crippen molar-refractivity contribution in [1.29, 1.82) is 0 Å². The second kappa shape index (κ2) is 3.05. The highest BCUT2D eigenvalue weighted by atomic mass is 32.2. The second-order valence-electron chi connectivity index (χ2n) is 2.90. The highest BCUT2D eigenvalue weighted by Crippen LogP contribution is 2.29. The predicted molar refractivity (Wildman–Crippen MR) is 52.2 cm³/mol. The molecule has 1 aromatic rings. The van der Waals surface area contributed by atoms with Gasteiger partial charge in [-0.05, 0) is 12.1 Å². The van der Waals surface area contributed by atoms with E-state index < -0.39 is 11.4 Å². The number of ketones is 1. The molecule has 2 rings (SSSR count). The number of Topliss-reactive ketones (excluding diaryl/α,β-unsaturated/α-hetero) is 1. The highest BCUT2D eigenvalue weighted by molar-refractivity contribution is 7.92. The van der Waals surface area contributed by atoms with Gasteiger partial charge in [-0.2, -0.15) is 4.31 Å². The number of benzene rings is 1. The van der Waals surface area contributed by atoms with Crippen molar-refractivity contribution in [2.45, 2.75) is 0 Å². The quantitative estimate of drug-likeness (QED) is 0.627. The first-order valence-electron chi connectivity index (χ1n) is 3.93. The Hall–Kier alpha value is -1.00. The minimum Gasteiger partial charge on any atom is -0.593 e. The summed E-state index contributed by atoms with van der Waals surface area (Å²) in [5.74, 6) is 0.0470. The molecule has 1 aliphatic heterocycles. The third kappa shape index (κ3) is 1.32. The summed E-state index contributed by atoms with van der Waals surface area (Å²) in [4.78, 5) is 11.4. The van der Waals surface area contributed by atoms with E-state index in [9.17, 15) is 9.35 Å². The summed E-state index contributed by atoms with van der Waals surface area (Å²) < 4.78 is 12.8. The van der Waals surface area contributed by atoms with E-state index in [1.165, 1.54) is 0 Å². The van der Waals surface area contributed by atoms with Gasteiger partial charge in [0.05, 0.1) is 17.0 Å². The lowest BCUT2D eigenvalue weighted by Gasteiger charge is -2.17. The number of anilines is 1. The summed E-state index contributed by atoms with van der Waals surface area (Å²) >= 11 is -1.11. The van der Waals surface area contributed by atoms with Crippen molar-refractivity contribution in [3.05, 3.63) is 29.8 Å². The maximum Gasteiger partial charge on any atom is 0.189 e. The number of hydrogen-bond donors (Lipinski definition) is 0. The average Bonchev–Trinajstić information content (AvgIpc) is 2.45. The van der Waals surface area contributed by atoms with Crippen molar-refractivity contribution < 1.29 is 9.35 Å². The van der Waals surface area contributed by atoms with E-state index in [2.05, 4.69) is 0 Å². The monoisotopic (exact) mass is 195 g/mol. The lowest BCUT2D eigenvalue weighted by atomic mass is 10.1. The molecule has 13 heavy (non-hydrogen) atoms. The summed E-state index contributed by atoms with van der Waals surface area (Å²) in [5.41, 5.74) is 1.46. The first-order chi connectivity index (χ1) is 6.20. The van der Waals surface area contributed by atoms with Crippen LogP contribution in [0.1, 0.15) is 10.4 Å². The van der Waals surface area contributed by atoms with Gasteiger partial charge in [-0.3, -0.25) is 4.79 Å². The molecular weight excluding hydrogens is 186 g/mol. The number of para-hydroxylation sites is 1. The Morgan fingerprint density at radius 3 is 2.85 bits per heavy atom. The molecule has 1 aliphatic rings. The zero-order valence-corrected chi connectivity index (χ0v) is 8.00. The van der Waals surface area contributed by atoms with Crippen LogP contribution in [0.15, 0.2) is 24.3 Å². The number of fused-ring (bicyclic) bond motifs is 1. The van der Waals surface area contributed by atoms with E-state index >= 15 is 0 Å². The van der Waals surface area contributed by atoms with E-state index in [0.29, 0.717) is 5.56 Å². The third-order valence-electron chi connectivity index (χ3n) is 2.07. The molecule has 4 heteroatoms. The SMILES string of the molecule is C[S+]([O-])N1CC(=O)c2ccccc21. The van der Waals surface area contributed by atoms with Crippen molar-refractivity contribution >= 4 is 22.8 Å². The molecule has 0 fully saturated rings. The number of hydrogen-bond acceptors (Lipinski definition) is 3. The van der Waals surface area contributed by atoms with Gasteiger partial charge in [0.1, 0.15) is 12.8 Å². The van der Waals surface area contributed by atoms with E-state index in [4.69, 9.17) is 0 Å². The van der Waals surface area contributed by atoms with Crippen LogP contribution in [0.4, 0.5) is 5.69 Å². The van der Waals surface area contributed by atoms with Crippen LogP contribution in [-0.2, 0) is 11.4 Å². The van der Waals surface area contributed by atoms with Gasteiger partial charge >= 0.3 is 0 Å². The molecule has 0 bridgehead atoms. The number of carbonyl (C=O) groups excluding carboxylic acids is 1. The van der Waals surface area contributed by atoms with Crippen LogP contribution in [-0.4, -0.2) is 23.1 Å². The molecule has 68 valence electrons. The molecule has 0 N–H and O–H groups in total. The fourth-order valence-corrected chi connectivity index (χ4v) is 2.19. The van der Waals surface area contributed by atoms with Crippen molar-refractivity contribution in [1.82, 2.24) is 0 Å². The molecule has 1 heterocycles. The fourth-order valence-electron chi connectivity index (χ4n) is 1.46. The van der Waals surface area contributed by atoms with Crippen molar-refractivity contribution in [3.63, 3.8) is 0 Å². The molecule has 0 saturated heterocycles. The zero-order chi connectivity index (χ0) is 9.42. The van der Waals surface area contributed by atoms with Crippen LogP contribution in [0.3, 0.4) is 0 Å². The molecule has 1 unspecified atom stereocenters. The van der Waals surface area contributed by atoms with Crippen LogP contribution in [0.25, 0.3) is 0 Å². The molecule has 0 aliphatic carbocycles. The van der Waals surface area contributed by atoms with Gasteiger partial charge in [0.25, 0.3) is 0 Å². The Kier molecular flexibility index (Phi) is 2.01. The Labute approximate surface area is 79.7 Å². The highest BCUT2D eigenvalue weighted by Gasteiger charge is 2.31. The van der Waals surface area contributed by atoms with Gasteiger partial charge < -0.3 is 4.55 Å². The van der Waals surface area contributed by atoms with Crippen molar-refractivity contribution in [2.24, 2.45) is 0 Å². The number of carbonyl (C=O) groups is 1. The van der Waals surface area contributed by atoms with Crippen LogP contribution in [0.2, 0.25) is 0 Å². The lowest BCUT2D eigenvalue weighted by molar-refractivity contribution is 0.101. The van der Waals surface area contributed by atoms with Gasteiger partial charge in [-0.25, -0.2) is 0 Å². The van der Waals surface area contributed by atoms with E-state index in [-0.39, 0.29) is 12.3 Å². The first-order valence-corrected chi connectivity index (χ1v) is 5.45. The van der Waals surface area contributed by atoms with Crippen LogP contribution in [0, 0.1) is 0 Å². The van der Waals surface area contributed by atoms with Gasteiger partial charge in [0.15, 0.2) is 5.78 Å². The molecule has 0 radical (unpaired) electrons. The molecular formula is C9H9NO2S. The molecule has 0 saturated carbocycles. The number of nitrogens with zero attached hydrogens (tertiary/aromatic N) is 1. The Morgan fingerprint density at radius 2 is 2.15 bits per heavy atom. The van der Waals surface area contributed by atoms with E-state index in [0.717, 1.165) is 5.69 Å². The normalized spacial score (nSPS) is 17.4. The molecule has 0 spiro atoms. The van der Waals surface area contributed by atoms with E-state index in [1.54, 1.807) is 16.6 Å². The second-order valence-corrected chi connectivity index (χ2v) is 4.19. The maximum absolute atomic E-state index is 11.4. The summed E-state index contributed by atoms with van der Waals surface area (Å²) in [5, 5.41) is 0. The largest absolute Gasteiger partial charge is 0.593 e. The minimum absolute atomic E-state index is 0.0470. The van der Waals surface area contributed by atoms with Crippen LogP contribution >= 0.6 is 0 Å². The summed E-state index contributed by atoms with van der Waals surface area (Å²) in [7, 11) is 0. The Morgan fingerprint density at radius 1 is 1.46 bits per heavy atom. The molecule has 3 nitrogen and oxygen atoms in total. The van der Waals surface area contributed by atoms with Gasteiger partial charge in [-0.1, -0.05) is 12.1 Å². The Balaban J connectivity index is 2.47. The third-order valence-corrected chi connectivity index (χ3v) is 3.02. The first kappa shape index (κ1) is 8.59. The van der Waals surface area contributed by atoms with Crippen molar-refractivity contribution in [3.8, 4) is 0 Å². The molecule has 0 amide bonds. The molecule has 1 aromatic carbocycles. The standard InChI is InChI=1S/C9H9NO2S/c1-13(12)10-6-9(11)7-4-2-3-5-8(7)10/h2-5H,6H2,1H3. The topological polar surface area (TPSA) is 43.4 Å². The maximum atomic E-state index is 11.4. The van der Waals surface area contributed by atoms with Crippen LogP contribution in [0.5, 0.6) is 0 Å². The average molecular weight is 195 g/mol. The van der Waals surface area contributed by atoms with Gasteiger partial charge in [-0.15, -0.1) is 0 Å². The zero-order valence-electron chi connectivity index (χ0n) is 7.19. The lowest BCUT2D eigenvalue weighted by Crippen LogP contribution is -2.29. The van der Waals surface area contributed by atoms with Gasteiger partial charge in [0.2, 0.25) is 0 Å². The minimum atomic E-state index is -1.11. The van der Waals surface area contributed by atoms with E-state index in [1.807, 2.05) is 18.2 Å². The Bertz CT molecular complexity index is 351. The fraction of sp³-hybridized carbons (Fsp3) is 0.222. The summed E-state index contributed by atoms with van der Waals surface area (Å²) in [6.45, 7) is 0.239. The van der Waals surface area contributed by atoms with Crippen molar-refractivity contribution in [2.75, 3.05) is 17.1 Å². The summed E-state index contributed by atoms with van der Waals surface area (Å²) in [6, 6.07) is 7.25.